The first-order valence-electron chi connectivity index (χ1n) is 4.98. The summed E-state index contributed by atoms with van der Waals surface area (Å²) in [6.07, 6.45) is 1.34. The van der Waals surface area contributed by atoms with Crippen LogP contribution < -0.4 is 5.43 Å². The first-order valence-corrected chi connectivity index (χ1v) is 4.98. The summed E-state index contributed by atoms with van der Waals surface area (Å²) in [6.45, 7) is 8.47. The fourth-order valence-electron chi connectivity index (χ4n) is 1.87. The zero-order chi connectivity index (χ0) is 9.47. The second kappa shape index (κ2) is 2.98. The molecule has 13 heavy (non-hydrogen) atoms. The van der Waals surface area contributed by atoms with Gasteiger partial charge >= 0.3 is 0 Å². The Balaban J connectivity index is 2.05. The highest BCUT2D eigenvalue weighted by atomic mass is 16.5. The fourth-order valence-corrected chi connectivity index (χ4v) is 1.87. The zero-order valence-corrected chi connectivity index (χ0v) is 8.63. The SMILES string of the molecule is CC(C)(C)C1CC2=NNCC2CO1. The van der Waals surface area contributed by atoms with Crippen LogP contribution in [-0.4, -0.2) is 25.0 Å². The first kappa shape index (κ1) is 9.00. The average molecular weight is 182 g/mol. The lowest BCUT2D eigenvalue weighted by molar-refractivity contribution is -0.0324. The molecule has 0 aromatic carbocycles. The van der Waals surface area contributed by atoms with Crippen LogP contribution in [-0.2, 0) is 4.74 Å². The van der Waals surface area contributed by atoms with Gasteiger partial charge in [0.25, 0.3) is 0 Å². The topological polar surface area (TPSA) is 33.6 Å². The van der Waals surface area contributed by atoms with Gasteiger partial charge < -0.3 is 10.2 Å². The fraction of sp³-hybridized carbons (Fsp3) is 0.900. The molecule has 2 unspecified atom stereocenters. The van der Waals surface area contributed by atoms with Crippen molar-refractivity contribution in [1.82, 2.24) is 5.43 Å². The number of rotatable bonds is 0. The Morgan fingerprint density at radius 2 is 2.23 bits per heavy atom. The number of hydrazone groups is 1. The largest absolute Gasteiger partial charge is 0.377 e. The maximum atomic E-state index is 5.84. The number of hydrogen-bond acceptors (Lipinski definition) is 3. The average Bonchev–Trinajstić information content (AvgIpc) is 2.47. The molecule has 74 valence electrons. The van der Waals surface area contributed by atoms with Gasteiger partial charge in [0.2, 0.25) is 0 Å². The summed E-state index contributed by atoms with van der Waals surface area (Å²) in [5, 5.41) is 4.31. The molecule has 0 aromatic heterocycles. The smallest absolute Gasteiger partial charge is 0.0676 e. The number of nitrogens with zero attached hydrogens (tertiary/aromatic N) is 1. The molecule has 1 N–H and O–H groups in total. The second-order valence-corrected chi connectivity index (χ2v) is 5.05. The summed E-state index contributed by atoms with van der Waals surface area (Å²) in [5.74, 6) is 0.540. The van der Waals surface area contributed by atoms with Crippen molar-refractivity contribution in [2.75, 3.05) is 13.2 Å². The van der Waals surface area contributed by atoms with Crippen molar-refractivity contribution in [1.29, 1.82) is 0 Å². The normalized spacial score (nSPS) is 33.6. The van der Waals surface area contributed by atoms with E-state index in [9.17, 15) is 0 Å². The third-order valence-corrected chi connectivity index (χ3v) is 2.89. The molecule has 2 heterocycles. The molecule has 3 heteroatoms. The zero-order valence-electron chi connectivity index (χ0n) is 8.63. The molecule has 0 saturated carbocycles. The Hall–Kier alpha value is -0.570. The van der Waals surface area contributed by atoms with Gasteiger partial charge in [0.05, 0.1) is 12.7 Å². The summed E-state index contributed by atoms with van der Waals surface area (Å²) in [5.41, 5.74) is 4.59. The molecule has 2 atom stereocenters. The summed E-state index contributed by atoms with van der Waals surface area (Å²) in [4.78, 5) is 0. The van der Waals surface area contributed by atoms with Crippen LogP contribution in [0.3, 0.4) is 0 Å². The van der Waals surface area contributed by atoms with E-state index in [1.54, 1.807) is 0 Å². The molecule has 0 spiro atoms. The molecular weight excluding hydrogens is 164 g/mol. The second-order valence-electron chi connectivity index (χ2n) is 5.05. The standard InChI is InChI=1S/C10H18N2O/c1-10(2,3)9-4-8-7(6-13-9)5-11-12-8/h7,9,11H,4-6H2,1-3H3. The predicted octanol–water partition coefficient (Wildman–Crippen LogP) is 1.40. The summed E-state index contributed by atoms with van der Waals surface area (Å²) >= 11 is 0. The van der Waals surface area contributed by atoms with Crippen molar-refractivity contribution in [2.45, 2.75) is 33.3 Å². The lowest BCUT2D eigenvalue weighted by Gasteiger charge is -2.35. The van der Waals surface area contributed by atoms with Gasteiger partial charge in [0.15, 0.2) is 0 Å². The highest BCUT2D eigenvalue weighted by molar-refractivity contribution is 5.89. The van der Waals surface area contributed by atoms with Gasteiger partial charge in [0.1, 0.15) is 0 Å². The van der Waals surface area contributed by atoms with E-state index in [1.165, 1.54) is 5.71 Å². The van der Waals surface area contributed by atoms with E-state index in [-0.39, 0.29) is 5.41 Å². The van der Waals surface area contributed by atoms with E-state index in [0.29, 0.717) is 12.0 Å². The molecule has 0 aliphatic carbocycles. The Bertz CT molecular complexity index is 230. The third-order valence-electron chi connectivity index (χ3n) is 2.89. The van der Waals surface area contributed by atoms with Crippen LogP contribution in [0.2, 0.25) is 0 Å². The molecule has 2 rings (SSSR count). The van der Waals surface area contributed by atoms with Crippen molar-refractivity contribution in [3.63, 3.8) is 0 Å². The van der Waals surface area contributed by atoms with Gasteiger partial charge in [-0.1, -0.05) is 20.8 Å². The maximum Gasteiger partial charge on any atom is 0.0676 e. The lowest BCUT2D eigenvalue weighted by Crippen LogP contribution is -2.40. The van der Waals surface area contributed by atoms with E-state index in [4.69, 9.17) is 4.74 Å². The van der Waals surface area contributed by atoms with Gasteiger partial charge in [-0.3, -0.25) is 0 Å². The molecule has 0 aromatic rings. The summed E-state index contributed by atoms with van der Waals surface area (Å²) in [7, 11) is 0. The molecule has 1 fully saturated rings. The van der Waals surface area contributed by atoms with Crippen LogP contribution in [0.4, 0.5) is 0 Å². The number of hydrogen-bond donors (Lipinski definition) is 1. The maximum absolute atomic E-state index is 5.84. The van der Waals surface area contributed by atoms with E-state index in [0.717, 1.165) is 19.6 Å². The highest BCUT2D eigenvalue weighted by Crippen LogP contribution is 2.31. The van der Waals surface area contributed by atoms with Crippen LogP contribution in [0.15, 0.2) is 5.10 Å². The summed E-state index contributed by atoms with van der Waals surface area (Å²) < 4.78 is 5.84. The number of nitrogens with one attached hydrogen (secondary N) is 1. The molecule has 1 saturated heterocycles. The van der Waals surface area contributed by atoms with E-state index >= 15 is 0 Å². The van der Waals surface area contributed by atoms with Crippen LogP contribution in [0, 0.1) is 11.3 Å². The van der Waals surface area contributed by atoms with E-state index in [2.05, 4.69) is 31.3 Å². The molecule has 3 nitrogen and oxygen atoms in total. The highest BCUT2D eigenvalue weighted by Gasteiger charge is 2.36. The minimum absolute atomic E-state index is 0.232. The first-order chi connectivity index (χ1) is 6.07. The van der Waals surface area contributed by atoms with Gasteiger partial charge in [-0.05, 0) is 5.41 Å². The Morgan fingerprint density at radius 1 is 1.46 bits per heavy atom. The van der Waals surface area contributed by atoms with Crippen LogP contribution >= 0.6 is 0 Å². The minimum Gasteiger partial charge on any atom is -0.377 e. The predicted molar refractivity (Wildman–Crippen MR) is 52.7 cm³/mol. The molecule has 0 bridgehead atoms. The lowest BCUT2D eigenvalue weighted by atomic mass is 9.82. The van der Waals surface area contributed by atoms with E-state index < -0.39 is 0 Å². The van der Waals surface area contributed by atoms with E-state index in [1.807, 2.05) is 0 Å². The van der Waals surface area contributed by atoms with Crippen molar-refractivity contribution in [3.8, 4) is 0 Å². The van der Waals surface area contributed by atoms with Crippen molar-refractivity contribution < 1.29 is 4.74 Å². The van der Waals surface area contributed by atoms with Crippen molar-refractivity contribution in [2.24, 2.45) is 16.4 Å². The third kappa shape index (κ3) is 1.70. The molecule has 0 amide bonds. The quantitative estimate of drug-likeness (QED) is 0.614. The van der Waals surface area contributed by atoms with Crippen molar-refractivity contribution in [3.05, 3.63) is 0 Å². The minimum atomic E-state index is 0.232. The van der Waals surface area contributed by atoms with Crippen molar-refractivity contribution >= 4 is 5.71 Å². The monoisotopic (exact) mass is 182 g/mol. The Morgan fingerprint density at radius 3 is 2.92 bits per heavy atom. The Kier molecular flexibility index (Phi) is 2.06. The number of fused-ring (bicyclic) bond motifs is 1. The van der Waals surface area contributed by atoms with Crippen LogP contribution in [0.1, 0.15) is 27.2 Å². The van der Waals surface area contributed by atoms with Gasteiger partial charge in [-0.2, -0.15) is 5.10 Å². The van der Waals surface area contributed by atoms with Gasteiger partial charge in [-0.15, -0.1) is 0 Å². The summed E-state index contributed by atoms with van der Waals surface area (Å²) in [6, 6.07) is 0. The van der Waals surface area contributed by atoms with Crippen LogP contribution in [0.5, 0.6) is 0 Å². The molecule has 2 aliphatic heterocycles. The molecule has 2 aliphatic rings. The Labute approximate surface area is 79.5 Å². The molecule has 0 radical (unpaired) electrons. The molecular formula is C10H18N2O. The number of ether oxygens (including phenoxy) is 1. The van der Waals surface area contributed by atoms with Crippen LogP contribution in [0.25, 0.3) is 0 Å². The van der Waals surface area contributed by atoms with Gasteiger partial charge in [-0.25, -0.2) is 0 Å². The van der Waals surface area contributed by atoms with Gasteiger partial charge in [0, 0.05) is 24.6 Å².